The van der Waals surface area contributed by atoms with Gasteiger partial charge in [0.1, 0.15) is 5.75 Å². The third-order valence-corrected chi connectivity index (χ3v) is 6.58. The molecule has 0 aliphatic heterocycles. The van der Waals surface area contributed by atoms with Crippen molar-refractivity contribution in [2.45, 2.75) is 41.5 Å². The Balaban J connectivity index is 2.09. The van der Waals surface area contributed by atoms with Crippen LogP contribution in [0, 0.1) is 10.1 Å². The Morgan fingerprint density at radius 3 is 2.35 bits per heavy atom. The van der Waals surface area contributed by atoms with E-state index < -0.39 is 36.8 Å². The summed E-state index contributed by atoms with van der Waals surface area (Å²) in [5.74, 6) is -0.816. The van der Waals surface area contributed by atoms with E-state index in [2.05, 4.69) is 6.92 Å². The van der Waals surface area contributed by atoms with Crippen LogP contribution in [0.5, 0.6) is 5.75 Å². The Morgan fingerprint density at radius 1 is 1.16 bits per heavy atom. The SMILES string of the molecule is CCCCc1ccc(OC(=O)CSc2ccc(S(=O)(=O)C(F)(F)F)cc2[N+](=O)[O-])cc1. The molecule has 168 valence electrons. The van der Waals surface area contributed by atoms with Crippen molar-refractivity contribution < 1.29 is 36.0 Å². The molecule has 0 fully saturated rings. The van der Waals surface area contributed by atoms with Gasteiger partial charge in [0.15, 0.2) is 0 Å². The molecule has 2 aromatic carbocycles. The molecule has 0 aromatic heterocycles. The van der Waals surface area contributed by atoms with Crippen LogP contribution < -0.4 is 4.74 Å². The highest BCUT2D eigenvalue weighted by Gasteiger charge is 2.47. The predicted octanol–water partition coefficient (Wildman–Crippen LogP) is 4.93. The molecular formula is C19H18F3NO6S2. The summed E-state index contributed by atoms with van der Waals surface area (Å²) in [5.41, 5.74) is -5.37. The number of carbonyl (C=O) groups excluding carboxylic acids is 1. The fourth-order valence-corrected chi connectivity index (χ4v) is 4.02. The van der Waals surface area contributed by atoms with Crippen LogP contribution in [0.3, 0.4) is 0 Å². The molecule has 0 heterocycles. The number of benzene rings is 2. The van der Waals surface area contributed by atoms with E-state index in [-0.39, 0.29) is 16.4 Å². The Labute approximate surface area is 180 Å². The van der Waals surface area contributed by atoms with Crippen LogP contribution in [-0.4, -0.2) is 30.6 Å². The quantitative estimate of drug-likeness (QED) is 0.166. The highest BCUT2D eigenvalue weighted by atomic mass is 32.2. The first-order chi connectivity index (χ1) is 14.5. The summed E-state index contributed by atoms with van der Waals surface area (Å²) >= 11 is 0.652. The number of hydrogen-bond donors (Lipinski definition) is 0. The molecule has 0 unspecified atom stereocenters. The largest absolute Gasteiger partial charge is 0.501 e. The number of nitro benzene ring substituents is 1. The van der Waals surface area contributed by atoms with E-state index in [9.17, 15) is 36.5 Å². The second kappa shape index (κ2) is 10.1. The van der Waals surface area contributed by atoms with Gasteiger partial charge in [0.05, 0.1) is 20.5 Å². The number of thioether (sulfide) groups is 1. The van der Waals surface area contributed by atoms with Gasteiger partial charge in [-0.2, -0.15) is 13.2 Å². The molecule has 7 nitrogen and oxygen atoms in total. The zero-order chi connectivity index (χ0) is 23.2. The summed E-state index contributed by atoms with van der Waals surface area (Å²) < 4.78 is 66.1. The zero-order valence-corrected chi connectivity index (χ0v) is 17.8. The monoisotopic (exact) mass is 477 g/mol. The molecule has 0 atom stereocenters. The summed E-state index contributed by atoms with van der Waals surface area (Å²) in [6.07, 6.45) is 2.96. The Morgan fingerprint density at radius 2 is 1.81 bits per heavy atom. The molecule has 0 radical (unpaired) electrons. The smallest absolute Gasteiger partial charge is 0.426 e. The maximum Gasteiger partial charge on any atom is 0.501 e. The summed E-state index contributed by atoms with van der Waals surface area (Å²) in [4.78, 5) is 20.8. The highest BCUT2D eigenvalue weighted by molar-refractivity contribution is 8.00. The van der Waals surface area contributed by atoms with E-state index in [1.165, 1.54) is 0 Å². The summed E-state index contributed by atoms with van der Waals surface area (Å²) in [6, 6.07) is 8.66. The number of sulfone groups is 1. The van der Waals surface area contributed by atoms with Gasteiger partial charge in [0.2, 0.25) is 0 Å². The van der Waals surface area contributed by atoms with Gasteiger partial charge in [0, 0.05) is 6.07 Å². The molecule has 0 bridgehead atoms. The lowest BCUT2D eigenvalue weighted by molar-refractivity contribution is -0.388. The Kier molecular flexibility index (Phi) is 8.07. The first-order valence-electron chi connectivity index (χ1n) is 8.98. The van der Waals surface area contributed by atoms with E-state index in [4.69, 9.17) is 4.74 Å². The van der Waals surface area contributed by atoms with Crippen molar-refractivity contribution in [3.8, 4) is 5.75 Å². The van der Waals surface area contributed by atoms with Crippen LogP contribution in [0.1, 0.15) is 25.3 Å². The maximum atomic E-state index is 12.7. The van der Waals surface area contributed by atoms with Gasteiger partial charge in [0.25, 0.3) is 15.5 Å². The number of rotatable bonds is 9. The van der Waals surface area contributed by atoms with Crippen LogP contribution in [0.15, 0.2) is 52.3 Å². The number of hydrogen-bond acceptors (Lipinski definition) is 7. The molecule has 0 N–H and O–H groups in total. The number of aryl methyl sites for hydroxylation is 1. The normalized spacial score (nSPS) is 11.9. The van der Waals surface area contributed by atoms with Crippen LogP contribution >= 0.6 is 11.8 Å². The molecule has 12 heteroatoms. The van der Waals surface area contributed by atoms with E-state index in [0.717, 1.165) is 30.9 Å². The second-order valence-electron chi connectivity index (χ2n) is 6.35. The fraction of sp³-hybridized carbons (Fsp3) is 0.316. The number of ether oxygens (including phenoxy) is 1. The summed E-state index contributed by atoms with van der Waals surface area (Å²) in [6.45, 7) is 2.07. The predicted molar refractivity (Wildman–Crippen MR) is 108 cm³/mol. The van der Waals surface area contributed by atoms with Gasteiger partial charge in [-0.3, -0.25) is 14.9 Å². The van der Waals surface area contributed by atoms with Crippen molar-refractivity contribution in [3.05, 3.63) is 58.1 Å². The number of nitrogens with zero attached hydrogens (tertiary/aromatic N) is 1. The lowest BCUT2D eigenvalue weighted by Crippen LogP contribution is -2.23. The van der Waals surface area contributed by atoms with Gasteiger partial charge in [-0.05, 0) is 42.7 Å². The van der Waals surface area contributed by atoms with Crippen LogP contribution in [0.25, 0.3) is 0 Å². The van der Waals surface area contributed by atoms with Crippen molar-refractivity contribution in [2.75, 3.05) is 5.75 Å². The van der Waals surface area contributed by atoms with Gasteiger partial charge in [-0.1, -0.05) is 25.5 Å². The minimum Gasteiger partial charge on any atom is -0.426 e. The van der Waals surface area contributed by atoms with Gasteiger partial charge < -0.3 is 4.74 Å². The van der Waals surface area contributed by atoms with E-state index in [1.54, 1.807) is 12.1 Å². The van der Waals surface area contributed by atoms with Crippen LogP contribution in [-0.2, 0) is 21.1 Å². The molecular weight excluding hydrogens is 459 g/mol. The molecule has 2 aromatic rings. The number of halogens is 3. The molecule has 0 aliphatic carbocycles. The van der Waals surface area contributed by atoms with Gasteiger partial charge in [-0.25, -0.2) is 8.42 Å². The highest BCUT2D eigenvalue weighted by Crippen LogP contribution is 2.36. The maximum absolute atomic E-state index is 12.7. The summed E-state index contributed by atoms with van der Waals surface area (Å²) in [5, 5.41) is 11.2. The minimum atomic E-state index is -5.74. The number of esters is 1. The molecule has 2 rings (SSSR count). The Hall–Kier alpha value is -2.60. The van der Waals surface area contributed by atoms with Gasteiger partial charge >= 0.3 is 11.5 Å². The number of nitro groups is 1. The van der Waals surface area contributed by atoms with Gasteiger partial charge in [-0.15, -0.1) is 11.8 Å². The van der Waals surface area contributed by atoms with E-state index in [1.807, 2.05) is 12.1 Å². The molecule has 0 aliphatic rings. The average molecular weight is 477 g/mol. The molecule has 0 saturated carbocycles. The lowest BCUT2D eigenvalue weighted by Gasteiger charge is -2.09. The van der Waals surface area contributed by atoms with Crippen molar-refractivity contribution in [1.29, 1.82) is 0 Å². The Bertz CT molecular complexity index is 1050. The van der Waals surface area contributed by atoms with Crippen molar-refractivity contribution >= 4 is 33.3 Å². The second-order valence-corrected chi connectivity index (χ2v) is 9.30. The van der Waals surface area contributed by atoms with Crippen LogP contribution in [0.2, 0.25) is 0 Å². The molecule has 31 heavy (non-hydrogen) atoms. The van der Waals surface area contributed by atoms with E-state index in [0.29, 0.717) is 23.9 Å². The molecule has 0 spiro atoms. The zero-order valence-electron chi connectivity index (χ0n) is 16.2. The topological polar surface area (TPSA) is 104 Å². The first-order valence-corrected chi connectivity index (χ1v) is 11.4. The number of alkyl halides is 3. The molecule has 0 saturated heterocycles. The fourth-order valence-electron chi connectivity index (χ4n) is 2.47. The first kappa shape index (κ1) is 24.7. The van der Waals surface area contributed by atoms with E-state index >= 15 is 0 Å². The van der Waals surface area contributed by atoms with Crippen molar-refractivity contribution in [3.63, 3.8) is 0 Å². The van der Waals surface area contributed by atoms with Crippen LogP contribution in [0.4, 0.5) is 18.9 Å². The average Bonchev–Trinajstić information content (AvgIpc) is 2.70. The van der Waals surface area contributed by atoms with Crippen molar-refractivity contribution in [1.82, 2.24) is 0 Å². The number of carbonyl (C=O) groups is 1. The number of unbranched alkanes of at least 4 members (excludes halogenated alkanes) is 1. The third kappa shape index (κ3) is 6.44. The lowest BCUT2D eigenvalue weighted by atomic mass is 10.1. The minimum absolute atomic E-state index is 0.169. The summed E-state index contributed by atoms with van der Waals surface area (Å²) in [7, 11) is -5.74. The van der Waals surface area contributed by atoms with Crippen molar-refractivity contribution in [2.24, 2.45) is 0 Å². The third-order valence-electron chi connectivity index (χ3n) is 4.06. The molecule has 0 amide bonds. The standard InChI is InChI=1S/C19H18F3NO6S2/c1-2-3-4-13-5-7-14(8-6-13)29-18(24)12-30-17-10-9-15(11-16(17)23(25)26)31(27,28)19(20,21)22/h5-11H,2-4,12H2,1H3.